The van der Waals surface area contributed by atoms with Gasteiger partial charge in [0.25, 0.3) is 6.01 Å². The fourth-order valence-corrected chi connectivity index (χ4v) is 2.39. The van der Waals surface area contributed by atoms with E-state index in [1.807, 2.05) is 0 Å². The summed E-state index contributed by atoms with van der Waals surface area (Å²) in [6, 6.07) is 0.456. The second-order valence-electron chi connectivity index (χ2n) is 4.20. The van der Waals surface area contributed by atoms with E-state index in [1.165, 1.54) is 0 Å². The minimum Gasteiger partial charge on any atom is -0.476 e. The lowest BCUT2D eigenvalue weighted by atomic mass is 9.96. The first-order valence-corrected chi connectivity index (χ1v) is 5.33. The zero-order chi connectivity index (χ0) is 11.1. The molecule has 2 aliphatic heterocycles. The van der Waals surface area contributed by atoms with Crippen LogP contribution in [0, 0.1) is 0 Å². The van der Waals surface area contributed by atoms with Crippen LogP contribution in [0.2, 0.25) is 0 Å². The van der Waals surface area contributed by atoms with E-state index in [2.05, 4.69) is 10.3 Å². The zero-order valence-corrected chi connectivity index (χ0v) is 8.55. The quantitative estimate of drug-likeness (QED) is 0.799. The molecule has 0 radical (unpaired) electrons. The normalized spacial score (nSPS) is 31.9. The third kappa shape index (κ3) is 1.55. The molecule has 86 valence electrons. The Kier molecular flexibility index (Phi) is 2.10. The molecule has 1 aromatic rings. The molecular formula is C10H12N2O4. The average molecular weight is 224 g/mol. The molecule has 6 heteroatoms. The Morgan fingerprint density at radius 3 is 3.00 bits per heavy atom. The van der Waals surface area contributed by atoms with Gasteiger partial charge in [0.15, 0.2) is 5.69 Å². The van der Waals surface area contributed by atoms with E-state index >= 15 is 0 Å². The number of hydrogen-bond acceptors (Lipinski definition) is 5. The van der Waals surface area contributed by atoms with Crippen LogP contribution in [0.25, 0.3) is 0 Å². The SMILES string of the molecule is O=C(O)c1coc(NC2CC3CCC2O3)n1. The molecule has 2 aliphatic rings. The maximum Gasteiger partial charge on any atom is 0.357 e. The first-order valence-electron chi connectivity index (χ1n) is 5.33. The van der Waals surface area contributed by atoms with Crippen molar-refractivity contribution in [3.05, 3.63) is 12.0 Å². The van der Waals surface area contributed by atoms with Crippen molar-refractivity contribution < 1.29 is 19.1 Å². The fourth-order valence-electron chi connectivity index (χ4n) is 2.39. The molecule has 16 heavy (non-hydrogen) atoms. The molecule has 6 nitrogen and oxygen atoms in total. The minimum absolute atomic E-state index is 0.0772. The number of carboxylic acid groups (broad SMARTS) is 1. The fraction of sp³-hybridized carbons (Fsp3) is 0.600. The highest BCUT2D eigenvalue weighted by Gasteiger charge is 2.41. The Bertz CT molecular complexity index is 417. The Morgan fingerprint density at radius 2 is 2.44 bits per heavy atom. The number of fused-ring (bicyclic) bond motifs is 2. The maximum atomic E-state index is 10.6. The number of oxazole rings is 1. The summed E-state index contributed by atoms with van der Waals surface area (Å²) < 4.78 is 10.7. The van der Waals surface area contributed by atoms with Crippen LogP contribution in [-0.4, -0.2) is 34.3 Å². The van der Waals surface area contributed by atoms with Crippen molar-refractivity contribution >= 4 is 12.0 Å². The van der Waals surface area contributed by atoms with Gasteiger partial charge in [-0.2, -0.15) is 4.98 Å². The van der Waals surface area contributed by atoms with Crippen LogP contribution in [0.3, 0.4) is 0 Å². The van der Waals surface area contributed by atoms with Gasteiger partial charge in [0.05, 0.1) is 18.2 Å². The second kappa shape index (κ2) is 3.48. The van der Waals surface area contributed by atoms with Crippen LogP contribution in [0.15, 0.2) is 10.7 Å². The Hall–Kier alpha value is -1.56. The molecule has 3 atom stereocenters. The van der Waals surface area contributed by atoms with Crippen LogP contribution >= 0.6 is 0 Å². The number of carbonyl (C=O) groups is 1. The van der Waals surface area contributed by atoms with Crippen LogP contribution in [-0.2, 0) is 4.74 Å². The van der Waals surface area contributed by atoms with Gasteiger partial charge in [-0.05, 0) is 19.3 Å². The van der Waals surface area contributed by atoms with Crippen molar-refractivity contribution in [3.8, 4) is 0 Å². The topological polar surface area (TPSA) is 84.6 Å². The van der Waals surface area contributed by atoms with Crippen molar-refractivity contribution in [1.82, 2.24) is 4.98 Å². The van der Waals surface area contributed by atoms with Gasteiger partial charge in [0.1, 0.15) is 6.26 Å². The van der Waals surface area contributed by atoms with Gasteiger partial charge in [0.2, 0.25) is 0 Å². The van der Waals surface area contributed by atoms with Gasteiger partial charge in [-0.1, -0.05) is 0 Å². The largest absolute Gasteiger partial charge is 0.476 e. The molecule has 0 aliphatic carbocycles. The summed E-state index contributed by atoms with van der Waals surface area (Å²) in [4.78, 5) is 14.4. The lowest BCUT2D eigenvalue weighted by molar-refractivity contribution is 0.0690. The molecule has 1 aromatic heterocycles. The van der Waals surface area contributed by atoms with Crippen molar-refractivity contribution in [2.45, 2.75) is 37.5 Å². The standard InChI is InChI=1S/C10H12N2O4/c13-9(14)7-4-15-10(12-7)11-6-3-5-1-2-8(6)16-5/h4-6,8H,1-3H2,(H,11,12)(H,13,14). The van der Waals surface area contributed by atoms with E-state index in [1.54, 1.807) is 0 Å². The number of nitrogens with one attached hydrogen (secondary N) is 1. The molecule has 3 rings (SSSR count). The number of nitrogens with zero attached hydrogens (tertiary/aromatic N) is 1. The minimum atomic E-state index is -1.08. The zero-order valence-electron chi connectivity index (χ0n) is 8.55. The molecule has 3 heterocycles. The van der Waals surface area contributed by atoms with Crippen molar-refractivity contribution in [2.24, 2.45) is 0 Å². The monoisotopic (exact) mass is 224 g/mol. The van der Waals surface area contributed by atoms with Crippen LogP contribution in [0.4, 0.5) is 6.01 Å². The Balaban J connectivity index is 1.68. The third-order valence-corrected chi connectivity index (χ3v) is 3.14. The number of hydrogen-bond donors (Lipinski definition) is 2. The first-order chi connectivity index (χ1) is 7.72. The van der Waals surface area contributed by atoms with Gasteiger partial charge in [-0.3, -0.25) is 0 Å². The molecule has 2 fully saturated rings. The average Bonchev–Trinajstić information content (AvgIpc) is 2.91. The van der Waals surface area contributed by atoms with Crippen LogP contribution in [0.1, 0.15) is 29.8 Å². The summed E-state index contributed by atoms with van der Waals surface area (Å²) in [6.45, 7) is 0. The summed E-state index contributed by atoms with van der Waals surface area (Å²) in [5.41, 5.74) is -0.0772. The maximum absolute atomic E-state index is 10.6. The highest BCUT2D eigenvalue weighted by molar-refractivity contribution is 5.85. The summed E-state index contributed by atoms with van der Waals surface area (Å²) in [5.74, 6) is -1.08. The molecule has 2 bridgehead atoms. The van der Waals surface area contributed by atoms with Gasteiger partial charge >= 0.3 is 5.97 Å². The van der Waals surface area contributed by atoms with E-state index in [0.29, 0.717) is 6.10 Å². The first kappa shape index (κ1) is 9.65. The summed E-state index contributed by atoms with van der Waals surface area (Å²) in [5, 5.41) is 11.8. The Morgan fingerprint density at radius 1 is 1.56 bits per heavy atom. The number of rotatable bonds is 3. The molecule has 2 saturated heterocycles. The van der Waals surface area contributed by atoms with Crippen LogP contribution in [0.5, 0.6) is 0 Å². The van der Waals surface area contributed by atoms with E-state index in [-0.39, 0.29) is 23.9 Å². The molecule has 0 amide bonds. The van der Waals surface area contributed by atoms with E-state index in [4.69, 9.17) is 14.3 Å². The van der Waals surface area contributed by atoms with Crippen molar-refractivity contribution in [3.63, 3.8) is 0 Å². The van der Waals surface area contributed by atoms with E-state index in [9.17, 15) is 4.79 Å². The number of anilines is 1. The second-order valence-corrected chi connectivity index (χ2v) is 4.20. The van der Waals surface area contributed by atoms with Gasteiger partial charge in [-0.25, -0.2) is 4.79 Å². The van der Waals surface area contributed by atoms with Crippen LogP contribution < -0.4 is 5.32 Å². The van der Waals surface area contributed by atoms with Gasteiger partial charge in [-0.15, -0.1) is 0 Å². The van der Waals surface area contributed by atoms with E-state index < -0.39 is 5.97 Å². The predicted octanol–water partition coefficient (Wildman–Crippen LogP) is 1.10. The molecule has 0 spiro atoms. The van der Waals surface area contributed by atoms with Crippen molar-refractivity contribution in [2.75, 3.05) is 5.32 Å². The number of aromatic carboxylic acids is 1. The smallest absolute Gasteiger partial charge is 0.357 e. The molecular weight excluding hydrogens is 212 g/mol. The summed E-state index contributed by atoms with van der Waals surface area (Å²) in [7, 11) is 0. The highest BCUT2D eigenvalue weighted by atomic mass is 16.5. The molecule has 0 saturated carbocycles. The summed E-state index contributed by atoms with van der Waals surface area (Å²) >= 11 is 0. The summed E-state index contributed by atoms with van der Waals surface area (Å²) in [6.07, 6.45) is 4.80. The highest BCUT2D eigenvalue weighted by Crippen LogP contribution is 2.35. The third-order valence-electron chi connectivity index (χ3n) is 3.14. The molecule has 2 N–H and O–H groups in total. The number of carboxylic acids is 1. The lowest BCUT2D eigenvalue weighted by Crippen LogP contribution is -2.30. The Labute approximate surface area is 91.6 Å². The molecule has 3 unspecified atom stereocenters. The predicted molar refractivity (Wildman–Crippen MR) is 53.4 cm³/mol. The number of aromatic nitrogens is 1. The van der Waals surface area contributed by atoms with Gasteiger partial charge < -0.3 is 19.6 Å². The molecule has 0 aromatic carbocycles. The van der Waals surface area contributed by atoms with Gasteiger partial charge in [0, 0.05) is 0 Å². The lowest BCUT2D eigenvalue weighted by Gasteiger charge is -2.18. The van der Waals surface area contributed by atoms with Crippen molar-refractivity contribution in [1.29, 1.82) is 0 Å². The number of ether oxygens (including phenoxy) is 1. The van der Waals surface area contributed by atoms with E-state index in [0.717, 1.165) is 25.5 Å².